The minimum atomic E-state index is -3.64. The molecular weight excluding hydrogens is 328 g/mol. The lowest BCUT2D eigenvalue weighted by atomic mass is 10.1. The lowest BCUT2D eigenvalue weighted by Gasteiger charge is -2.19. The Morgan fingerprint density at radius 3 is 2.32 bits per heavy atom. The molecule has 6 heteroatoms. The number of sulfonamides is 1. The molecule has 1 aromatic rings. The average molecular weight is 347 g/mol. The molecule has 0 spiro atoms. The van der Waals surface area contributed by atoms with Gasteiger partial charge in [-0.05, 0) is 47.0 Å². The molecule has 0 heterocycles. The van der Waals surface area contributed by atoms with Gasteiger partial charge >= 0.3 is 0 Å². The van der Waals surface area contributed by atoms with Crippen molar-refractivity contribution in [2.45, 2.75) is 49.5 Å². The Kier molecular flexibility index (Phi) is 4.86. The lowest BCUT2D eigenvalue weighted by molar-refractivity contribution is 0.597. The minimum absolute atomic E-state index is 0.130. The lowest BCUT2D eigenvalue weighted by Crippen LogP contribution is -2.19. The zero-order valence-electron chi connectivity index (χ0n) is 10.7. The highest BCUT2D eigenvalue weighted by molar-refractivity contribution is 9.10. The van der Waals surface area contributed by atoms with Gasteiger partial charge in [-0.25, -0.2) is 13.6 Å². The molecule has 4 nitrogen and oxygen atoms in total. The molecule has 1 saturated carbocycles. The molecule has 19 heavy (non-hydrogen) atoms. The van der Waals surface area contributed by atoms with E-state index in [1.807, 2.05) is 0 Å². The van der Waals surface area contributed by atoms with Gasteiger partial charge in [-0.3, -0.25) is 0 Å². The summed E-state index contributed by atoms with van der Waals surface area (Å²) in [5, 5.41) is 8.60. The van der Waals surface area contributed by atoms with Crippen molar-refractivity contribution in [3.05, 3.63) is 22.7 Å². The van der Waals surface area contributed by atoms with E-state index >= 15 is 0 Å². The molecule has 1 fully saturated rings. The second kappa shape index (κ2) is 6.24. The summed E-state index contributed by atoms with van der Waals surface area (Å²) in [6.45, 7) is 0. The van der Waals surface area contributed by atoms with E-state index in [0.717, 1.165) is 10.2 Å². The highest BCUT2D eigenvalue weighted by Crippen LogP contribution is 2.28. The maximum Gasteiger partial charge on any atom is 0.238 e. The number of benzene rings is 1. The normalized spacial score (nSPS) is 18.0. The Balaban J connectivity index is 2.12. The first kappa shape index (κ1) is 14.8. The number of hydrogen-bond acceptors (Lipinski definition) is 3. The Labute approximate surface area is 122 Å². The number of nitrogens with one attached hydrogen (secondary N) is 1. The first-order valence-electron chi connectivity index (χ1n) is 6.56. The quantitative estimate of drug-likeness (QED) is 0.825. The number of nitrogens with two attached hydrogens (primary N) is 1. The molecule has 106 valence electrons. The van der Waals surface area contributed by atoms with Crippen LogP contribution in [0.5, 0.6) is 0 Å². The zero-order valence-corrected chi connectivity index (χ0v) is 13.1. The van der Waals surface area contributed by atoms with Crippen LogP contribution in [0.3, 0.4) is 0 Å². The van der Waals surface area contributed by atoms with Gasteiger partial charge < -0.3 is 5.32 Å². The fourth-order valence-corrected chi connectivity index (χ4v) is 3.62. The second-order valence-electron chi connectivity index (χ2n) is 5.02. The summed E-state index contributed by atoms with van der Waals surface area (Å²) in [6, 6.07) is 5.33. The van der Waals surface area contributed by atoms with E-state index in [4.69, 9.17) is 5.14 Å². The summed E-state index contributed by atoms with van der Waals surface area (Å²) in [5.41, 5.74) is 0.930. The van der Waals surface area contributed by atoms with E-state index in [9.17, 15) is 8.42 Å². The number of halogens is 1. The van der Waals surface area contributed by atoms with Crippen LogP contribution in [-0.4, -0.2) is 14.5 Å². The van der Waals surface area contributed by atoms with E-state index in [1.165, 1.54) is 38.5 Å². The van der Waals surface area contributed by atoms with Crippen molar-refractivity contribution in [1.29, 1.82) is 0 Å². The van der Waals surface area contributed by atoms with Crippen LogP contribution in [0.1, 0.15) is 38.5 Å². The molecule has 0 aromatic heterocycles. The summed E-state index contributed by atoms with van der Waals surface area (Å²) in [5.74, 6) is 0. The molecule has 0 radical (unpaired) electrons. The predicted octanol–water partition coefficient (Wildman–Crippen LogP) is 3.23. The van der Waals surface area contributed by atoms with Crippen LogP contribution in [0.25, 0.3) is 0 Å². The molecular formula is C13H19BrN2O2S. The minimum Gasteiger partial charge on any atom is -0.381 e. The van der Waals surface area contributed by atoms with Gasteiger partial charge in [-0.2, -0.15) is 0 Å². The molecule has 0 unspecified atom stereocenters. The summed E-state index contributed by atoms with van der Waals surface area (Å²) in [7, 11) is -3.64. The van der Waals surface area contributed by atoms with Crippen LogP contribution in [0.4, 0.5) is 5.69 Å². The van der Waals surface area contributed by atoms with Gasteiger partial charge in [0.05, 0.1) is 4.90 Å². The number of hydrogen-bond donors (Lipinski definition) is 2. The Hall–Kier alpha value is -0.590. The van der Waals surface area contributed by atoms with Crippen molar-refractivity contribution in [2.75, 3.05) is 5.32 Å². The summed E-state index contributed by atoms with van der Waals surface area (Å²) in [6.07, 6.45) is 7.47. The molecule has 1 aliphatic carbocycles. The van der Waals surface area contributed by atoms with Crippen molar-refractivity contribution >= 4 is 31.6 Å². The van der Waals surface area contributed by atoms with Gasteiger partial charge in [0, 0.05) is 16.2 Å². The van der Waals surface area contributed by atoms with Crippen LogP contribution in [0, 0.1) is 0 Å². The largest absolute Gasteiger partial charge is 0.381 e. The molecule has 1 aromatic carbocycles. The Morgan fingerprint density at radius 1 is 1.16 bits per heavy atom. The zero-order chi connectivity index (χ0) is 13.9. The average Bonchev–Trinajstić information content (AvgIpc) is 2.59. The van der Waals surface area contributed by atoms with Crippen LogP contribution in [-0.2, 0) is 10.0 Å². The first-order chi connectivity index (χ1) is 8.97. The van der Waals surface area contributed by atoms with Crippen LogP contribution >= 0.6 is 15.9 Å². The van der Waals surface area contributed by atoms with Gasteiger partial charge in [-0.1, -0.05) is 25.7 Å². The van der Waals surface area contributed by atoms with Gasteiger partial charge in [0.1, 0.15) is 0 Å². The fourth-order valence-electron chi connectivity index (χ4n) is 2.43. The molecule has 1 aliphatic rings. The van der Waals surface area contributed by atoms with E-state index in [-0.39, 0.29) is 4.90 Å². The second-order valence-corrected chi connectivity index (χ2v) is 7.44. The van der Waals surface area contributed by atoms with Crippen LogP contribution in [0.15, 0.2) is 27.6 Å². The topological polar surface area (TPSA) is 72.2 Å². The fraction of sp³-hybridized carbons (Fsp3) is 0.538. The van der Waals surface area contributed by atoms with Gasteiger partial charge in [0.15, 0.2) is 0 Å². The van der Waals surface area contributed by atoms with Gasteiger partial charge in [0.25, 0.3) is 0 Å². The molecule has 0 bridgehead atoms. The van der Waals surface area contributed by atoms with Gasteiger partial charge in [0.2, 0.25) is 10.0 Å². The van der Waals surface area contributed by atoms with Gasteiger partial charge in [-0.15, -0.1) is 0 Å². The van der Waals surface area contributed by atoms with Crippen LogP contribution < -0.4 is 10.5 Å². The SMILES string of the molecule is NS(=O)(=O)c1ccc(NC2CCCCCC2)c(Br)c1. The van der Waals surface area contributed by atoms with Crippen LogP contribution in [0.2, 0.25) is 0 Å². The third kappa shape index (κ3) is 4.19. The van der Waals surface area contributed by atoms with Crippen molar-refractivity contribution in [3.63, 3.8) is 0 Å². The van der Waals surface area contributed by atoms with E-state index in [2.05, 4.69) is 21.2 Å². The number of rotatable bonds is 3. The standard InChI is InChI=1S/C13H19BrN2O2S/c14-12-9-11(19(15,17)18)7-8-13(12)16-10-5-3-1-2-4-6-10/h7-10,16H,1-6H2,(H2,15,17,18). The Bertz CT molecular complexity index is 538. The molecule has 0 aliphatic heterocycles. The molecule has 0 amide bonds. The maximum atomic E-state index is 11.3. The smallest absolute Gasteiger partial charge is 0.238 e. The maximum absolute atomic E-state index is 11.3. The van der Waals surface area contributed by atoms with E-state index in [0.29, 0.717) is 6.04 Å². The van der Waals surface area contributed by atoms with Crippen molar-refractivity contribution in [3.8, 4) is 0 Å². The van der Waals surface area contributed by atoms with Crippen molar-refractivity contribution in [2.24, 2.45) is 5.14 Å². The molecule has 0 atom stereocenters. The highest BCUT2D eigenvalue weighted by Gasteiger charge is 2.15. The van der Waals surface area contributed by atoms with E-state index < -0.39 is 10.0 Å². The molecule has 2 rings (SSSR count). The summed E-state index contributed by atoms with van der Waals surface area (Å²) in [4.78, 5) is 0.130. The van der Waals surface area contributed by atoms with Crippen molar-refractivity contribution in [1.82, 2.24) is 0 Å². The molecule has 3 N–H and O–H groups in total. The third-order valence-corrected chi connectivity index (χ3v) is 5.05. The number of anilines is 1. The number of primary sulfonamides is 1. The summed E-state index contributed by atoms with van der Waals surface area (Å²) < 4.78 is 23.3. The van der Waals surface area contributed by atoms with E-state index in [1.54, 1.807) is 18.2 Å². The predicted molar refractivity (Wildman–Crippen MR) is 80.6 cm³/mol. The first-order valence-corrected chi connectivity index (χ1v) is 8.89. The summed E-state index contributed by atoms with van der Waals surface area (Å²) >= 11 is 3.40. The Morgan fingerprint density at radius 2 is 1.79 bits per heavy atom. The molecule has 0 saturated heterocycles. The highest BCUT2D eigenvalue weighted by atomic mass is 79.9. The van der Waals surface area contributed by atoms with Crippen molar-refractivity contribution < 1.29 is 8.42 Å². The monoisotopic (exact) mass is 346 g/mol. The third-order valence-electron chi connectivity index (χ3n) is 3.48.